The topological polar surface area (TPSA) is 69.2 Å². The lowest BCUT2D eigenvalue weighted by molar-refractivity contribution is 0.356. The summed E-state index contributed by atoms with van der Waals surface area (Å²) in [6, 6.07) is 7.76. The van der Waals surface area contributed by atoms with Gasteiger partial charge < -0.3 is 14.8 Å². The van der Waals surface area contributed by atoms with Crippen molar-refractivity contribution in [2.24, 2.45) is 5.41 Å². The highest BCUT2D eigenvalue weighted by atomic mass is 16.5. The van der Waals surface area contributed by atoms with Crippen molar-refractivity contribution in [1.82, 2.24) is 15.2 Å². The number of hydrogen-bond acceptors (Lipinski definition) is 6. The van der Waals surface area contributed by atoms with Gasteiger partial charge in [-0.05, 0) is 23.6 Å². The Kier molecular flexibility index (Phi) is 4.93. The predicted octanol–water partition coefficient (Wildman–Crippen LogP) is 4.17. The molecule has 1 N–H and O–H groups in total. The number of hydrogen-bond donors (Lipinski definition) is 1. The van der Waals surface area contributed by atoms with Gasteiger partial charge in [0.1, 0.15) is 5.82 Å². The van der Waals surface area contributed by atoms with Gasteiger partial charge in [0.15, 0.2) is 11.5 Å². The van der Waals surface area contributed by atoms with Gasteiger partial charge in [-0.1, -0.05) is 20.8 Å². The molecule has 1 aromatic carbocycles. The molecule has 0 bridgehead atoms. The average molecular weight is 352 g/mol. The summed E-state index contributed by atoms with van der Waals surface area (Å²) in [5.74, 6) is 2.14. The minimum atomic E-state index is 0.196. The van der Waals surface area contributed by atoms with E-state index in [1.54, 1.807) is 20.4 Å². The molecule has 0 spiro atoms. The van der Waals surface area contributed by atoms with Crippen molar-refractivity contribution in [2.75, 3.05) is 26.1 Å². The van der Waals surface area contributed by atoms with Crippen molar-refractivity contribution in [3.05, 3.63) is 36.7 Å². The maximum atomic E-state index is 5.42. The van der Waals surface area contributed by atoms with Crippen molar-refractivity contribution in [1.29, 1.82) is 0 Å². The van der Waals surface area contributed by atoms with Crippen LogP contribution in [-0.2, 0) is 0 Å². The van der Waals surface area contributed by atoms with E-state index in [0.29, 0.717) is 11.5 Å². The van der Waals surface area contributed by atoms with Crippen LogP contribution in [0.1, 0.15) is 20.8 Å². The lowest BCUT2D eigenvalue weighted by Gasteiger charge is -2.19. The normalized spacial score (nSPS) is 11.4. The fourth-order valence-corrected chi connectivity index (χ4v) is 2.63. The molecule has 0 saturated carbocycles. The Morgan fingerprint density at radius 1 is 1.00 bits per heavy atom. The Hall–Kier alpha value is -2.89. The summed E-state index contributed by atoms with van der Waals surface area (Å²) in [6.45, 7) is 7.41. The van der Waals surface area contributed by atoms with Gasteiger partial charge in [-0.2, -0.15) is 10.2 Å². The molecule has 0 aliphatic rings. The number of nitrogens with zero attached hydrogens (tertiary/aromatic N) is 3. The number of ether oxygens (including phenoxy) is 2. The van der Waals surface area contributed by atoms with Crippen molar-refractivity contribution in [3.8, 4) is 22.6 Å². The van der Waals surface area contributed by atoms with Gasteiger partial charge in [0.05, 0.1) is 25.9 Å². The molecule has 6 heteroatoms. The van der Waals surface area contributed by atoms with Crippen LogP contribution in [0, 0.1) is 5.41 Å². The molecule has 0 saturated heterocycles. The van der Waals surface area contributed by atoms with E-state index in [9.17, 15) is 0 Å². The highest BCUT2D eigenvalue weighted by Gasteiger charge is 2.13. The highest BCUT2D eigenvalue weighted by Crippen LogP contribution is 2.35. The van der Waals surface area contributed by atoms with Gasteiger partial charge in [-0.25, -0.2) is 4.98 Å². The van der Waals surface area contributed by atoms with Crippen LogP contribution in [0.2, 0.25) is 0 Å². The van der Waals surface area contributed by atoms with Crippen LogP contribution in [0.4, 0.5) is 5.82 Å². The van der Waals surface area contributed by atoms with Gasteiger partial charge in [0.2, 0.25) is 0 Å². The molecule has 3 rings (SSSR count). The molecule has 0 unspecified atom stereocenters. The zero-order valence-electron chi connectivity index (χ0n) is 15.8. The van der Waals surface area contributed by atoms with Crippen molar-refractivity contribution >= 4 is 16.7 Å². The maximum absolute atomic E-state index is 5.42. The minimum absolute atomic E-state index is 0.196. The van der Waals surface area contributed by atoms with E-state index in [-0.39, 0.29) is 5.41 Å². The number of anilines is 1. The van der Waals surface area contributed by atoms with Crippen LogP contribution in [0.25, 0.3) is 22.0 Å². The molecule has 0 fully saturated rings. The van der Waals surface area contributed by atoms with Crippen LogP contribution < -0.4 is 14.8 Å². The van der Waals surface area contributed by atoms with Crippen LogP contribution in [0.15, 0.2) is 36.7 Å². The molecular weight excluding hydrogens is 328 g/mol. The number of fused-ring (bicyclic) bond motifs is 1. The number of aromatic nitrogens is 3. The number of methoxy groups -OCH3 is 2. The molecule has 0 radical (unpaired) electrons. The number of nitrogens with one attached hydrogen (secondary N) is 1. The van der Waals surface area contributed by atoms with Crippen molar-refractivity contribution in [3.63, 3.8) is 0 Å². The van der Waals surface area contributed by atoms with E-state index >= 15 is 0 Å². The molecule has 2 aromatic heterocycles. The van der Waals surface area contributed by atoms with Crippen molar-refractivity contribution < 1.29 is 9.47 Å². The third-order valence-electron chi connectivity index (χ3n) is 4.02. The Bertz CT molecular complexity index is 902. The van der Waals surface area contributed by atoms with Crippen LogP contribution in [-0.4, -0.2) is 35.9 Å². The highest BCUT2D eigenvalue weighted by molar-refractivity contribution is 5.95. The summed E-state index contributed by atoms with van der Waals surface area (Å²) in [6.07, 6.45) is 3.59. The fourth-order valence-electron chi connectivity index (χ4n) is 2.63. The monoisotopic (exact) mass is 352 g/mol. The van der Waals surface area contributed by atoms with Gasteiger partial charge in [-0.3, -0.25) is 0 Å². The molecule has 2 heterocycles. The summed E-state index contributed by atoms with van der Waals surface area (Å²) in [7, 11) is 3.23. The molecule has 0 aliphatic carbocycles. The van der Waals surface area contributed by atoms with E-state index in [0.717, 1.165) is 34.4 Å². The largest absolute Gasteiger partial charge is 0.493 e. The lowest BCUT2D eigenvalue weighted by Crippen LogP contribution is -2.19. The summed E-state index contributed by atoms with van der Waals surface area (Å²) in [5, 5.41) is 12.6. The summed E-state index contributed by atoms with van der Waals surface area (Å²) < 4.78 is 10.8. The zero-order chi connectivity index (χ0) is 18.7. The van der Waals surface area contributed by atoms with Crippen molar-refractivity contribution in [2.45, 2.75) is 20.8 Å². The Morgan fingerprint density at radius 2 is 1.73 bits per heavy atom. The summed E-state index contributed by atoms with van der Waals surface area (Å²) in [5.41, 5.74) is 2.86. The Balaban J connectivity index is 1.97. The van der Waals surface area contributed by atoms with Gasteiger partial charge in [0.25, 0.3) is 0 Å². The molecule has 26 heavy (non-hydrogen) atoms. The molecule has 0 atom stereocenters. The third-order valence-corrected chi connectivity index (χ3v) is 4.02. The van der Waals surface area contributed by atoms with E-state index < -0.39 is 0 Å². The first-order chi connectivity index (χ1) is 12.4. The second-order valence-electron chi connectivity index (χ2n) is 7.33. The second kappa shape index (κ2) is 7.15. The first-order valence-electron chi connectivity index (χ1n) is 8.49. The van der Waals surface area contributed by atoms with E-state index in [2.05, 4.69) is 41.3 Å². The zero-order valence-corrected chi connectivity index (χ0v) is 15.8. The molecule has 3 aromatic rings. The maximum Gasteiger partial charge on any atom is 0.162 e. The Labute approximate surface area is 153 Å². The fraction of sp³-hybridized carbons (Fsp3) is 0.350. The average Bonchev–Trinajstić information content (AvgIpc) is 2.64. The van der Waals surface area contributed by atoms with Gasteiger partial charge in [0, 0.05) is 35.3 Å². The van der Waals surface area contributed by atoms with Gasteiger partial charge in [-0.15, -0.1) is 0 Å². The number of benzene rings is 1. The standard InChI is InChI=1S/C20H24N4O2/c1-20(2,3)12-22-19-7-6-13(10-21-19)15-11-23-24-16-9-18(26-5)17(25-4)8-14(15)16/h6-11H,12H2,1-5H3,(H,21,22). The molecule has 6 nitrogen and oxygen atoms in total. The smallest absolute Gasteiger partial charge is 0.162 e. The number of rotatable bonds is 5. The lowest BCUT2D eigenvalue weighted by atomic mass is 9.97. The Morgan fingerprint density at radius 3 is 2.35 bits per heavy atom. The first kappa shape index (κ1) is 17.9. The summed E-state index contributed by atoms with van der Waals surface area (Å²) >= 11 is 0. The third kappa shape index (κ3) is 3.85. The van der Waals surface area contributed by atoms with E-state index in [1.807, 2.05) is 30.5 Å². The van der Waals surface area contributed by atoms with Crippen LogP contribution in [0.3, 0.4) is 0 Å². The van der Waals surface area contributed by atoms with Crippen LogP contribution >= 0.6 is 0 Å². The molecule has 136 valence electrons. The molecule has 0 amide bonds. The number of pyridine rings is 1. The van der Waals surface area contributed by atoms with Gasteiger partial charge >= 0.3 is 0 Å². The second-order valence-corrected chi connectivity index (χ2v) is 7.33. The van der Waals surface area contributed by atoms with E-state index in [4.69, 9.17) is 9.47 Å². The quantitative estimate of drug-likeness (QED) is 0.743. The molecular formula is C20H24N4O2. The minimum Gasteiger partial charge on any atom is -0.493 e. The SMILES string of the molecule is COc1cc2nncc(-c3ccc(NCC(C)(C)C)nc3)c2cc1OC. The molecule has 0 aliphatic heterocycles. The summed E-state index contributed by atoms with van der Waals surface area (Å²) in [4.78, 5) is 4.53. The van der Waals surface area contributed by atoms with Crippen LogP contribution in [0.5, 0.6) is 11.5 Å². The predicted molar refractivity (Wildman–Crippen MR) is 104 cm³/mol. The first-order valence-corrected chi connectivity index (χ1v) is 8.49. The van der Waals surface area contributed by atoms with E-state index in [1.165, 1.54) is 0 Å².